The molecule has 1 N–H and O–H groups in total. The second kappa shape index (κ2) is 7.87. The average Bonchev–Trinajstić information content (AvgIpc) is 3.38. The number of benzene rings is 2. The van der Waals surface area contributed by atoms with Crippen molar-refractivity contribution in [3.05, 3.63) is 66.1 Å². The van der Waals surface area contributed by atoms with Gasteiger partial charge in [0.2, 0.25) is 5.91 Å². The first-order chi connectivity index (χ1) is 14.0. The van der Waals surface area contributed by atoms with E-state index >= 15 is 0 Å². The molecule has 1 saturated heterocycles. The molecule has 0 bridgehead atoms. The summed E-state index contributed by atoms with van der Waals surface area (Å²) in [4.78, 5) is 39.4. The van der Waals surface area contributed by atoms with Gasteiger partial charge in [-0.2, -0.15) is 0 Å². The maximum absolute atomic E-state index is 13.8. The van der Waals surface area contributed by atoms with Crippen LogP contribution in [0.5, 0.6) is 0 Å². The number of Topliss-reactive ketones (excluding diaryl/α,β-unsaturated/α-hetero) is 1. The van der Waals surface area contributed by atoms with Gasteiger partial charge < -0.3 is 14.8 Å². The standard InChI is InChI=1S/C22H20FN3O3/c23-17-8-2-3-9-18(17)24-20(27)14-26-13-16(15-7-1-4-10-19(15)26)21(28)22(29)25-11-5-6-12-25/h1-4,7-10,13H,5-6,11-12,14H2,(H,24,27). The van der Waals surface area contributed by atoms with Crippen LogP contribution in [0.4, 0.5) is 10.1 Å². The summed E-state index contributed by atoms with van der Waals surface area (Å²) in [5, 5.41) is 3.15. The van der Waals surface area contributed by atoms with E-state index in [4.69, 9.17) is 0 Å². The first-order valence-electron chi connectivity index (χ1n) is 9.50. The average molecular weight is 393 g/mol. The van der Waals surface area contributed by atoms with Crippen molar-refractivity contribution in [2.45, 2.75) is 19.4 Å². The second-order valence-corrected chi connectivity index (χ2v) is 7.04. The molecule has 7 heteroatoms. The summed E-state index contributed by atoms with van der Waals surface area (Å²) in [6.07, 6.45) is 3.33. The molecule has 29 heavy (non-hydrogen) atoms. The highest BCUT2D eigenvalue weighted by atomic mass is 19.1. The predicted octanol–water partition coefficient (Wildman–Crippen LogP) is 3.22. The van der Waals surface area contributed by atoms with Crippen LogP contribution in [-0.2, 0) is 16.1 Å². The van der Waals surface area contributed by atoms with Gasteiger partial charge in [-0.3, -0.25) is 14.4 Å². The van der Waals surface area contributed by atoms with E-state index in [1.165, 1.54) is 18.3 Å². The van der Waals surface area contributed by atoms with Gasteiger partial charge in [-0.15, -0.1) is 0 Å². The Morgan fingerprint density at radius 3 is 2.41 bits per heavy atom. The number of fused-ring (bicyclic) bond motifs is 1. The summed E-state index contributed by atoms with van der Waals surface area (Å²) >= 11 is 0. The maximum atomic E-state index is 13.8. The number of ketones is 1. The van der Waals surface area contributed by atoms with Gasteiger partial charge in [-0.25, -0.2) is 4.39 Å². The van der Waals surface area contributed by atoms with Crippen LogP contribution >= 0.6 is 0 Å². The number of para-hydroxylation sites is 2. The van der Waals surface area contributed by atoms with Gasteiger partial charge in [0, 0.05) is 30.2 Å². The Bertz CT molecular complexity index is 1100. The first-order valence-corrected chi connectivity index (χ1v) is 9.50. The van der Waals surface area contributed by atoms with E-state index in [1.807, 2.05) is 0 Å². The SMILES string of the molecule is O=C(Cn1cc(C(=O)C(=O)N2CCCC2)c2ccccc21)Nc1ccccc1F. The molecule has 1 aliphatic rings. The molecule has 1 aromatic heterocycles. The molecule has 2 heterocycles. The Kier molecular flexibility index (Phi) is 5.12. The van der Waals surface area contributed by atoms with Crippen LogP contribution in [0.1, 0.15) is 23.2 Å². The van der Waals surface area contributed by atoms with Crippen molar-refractivity contribution in [1.29, 1.82) is 0 Å². The number of halogens is 1. The summed E-state index contributed by atoms with van der Waals surface area (Å²) < 4.78 is 15.4. The molecule has 0 radical (unpaired) electrons. The Hall–Kier alpha value is -3.48. The third-order valence-corrected chi connectivity index (χ3v) is 5.08. The monoisotopic (exact) mass is 393 g/mol. The Morgan fingerprint density at radius 2 is 1.66 bits per heavy atom. The molecule has 0 atom stereocenters. The normalized spacial score (nSPS) is 13.6. The fourth-order valence-electron chi connectivity index (χ4n) is 3.64. The van der Waals surface area contributed by atoms with E-state index in [1.54, 1.807) is 45.9 Å². The number of nitrogens with one attached hydrogen (secondary N) is 1. The van der Waals surface area contributed by atoms with E-state index < -0.39 is 23.4 Å². The number of rotatable bonds is 5. The quantitative estimate of drug-likeness (QED) is 0.534. The largest absolute Gasteiger partial charge is 0.337 e. The van der Waals surface area contributed by atoms with E-state index in [-0.39, 0.29) is 17.8 Å². The van der Waals surface area contributed by atoms with Crippen LogP contribution in [-0.4, -0.2) is 40.2 Å². The number of likely N-dealkylation sites (tertiary alicyclic amines) is 1. The number of hydrogen-bond donors (Lipinski definition) is 1. The predicted molar refractivity (Wildman–Crippen MR) is 107 cm³/mol. The molecule has 6 nitrogen and oxygen atoms in total. The molecule has 0 unspecified atom stereocenters. The van der Waals surface area contributed by atoms with Gasteiger partial charge >= 0.3 is 0 Å². The highest BCUT2D eigenvalue weighted by Crippen LogP contribution is 2.23. The number of aromatic nitrogens is 1. The van der Waals surface area contributed by atoms with Crippen molar-refractivity contribution in [2.75, 3.05) is 18.4 Å². The molecule has 1 fully saturated rings. The molecule has 3 aromatic rings. The molecule has 2 aromatic carbocycles. The second-order valence-electron chi connectivity index (χ2n) is 7.04. The molecule has 2 amide bonds. The Labute approximate surface area is 166 Å². The van der Waals surface area contributed by atoms with Crippen LogP contribution in [0.3, 0.4) is 0 Å². The summed E-state index contributed by atoms with van der Waals surface area (Å²) in [5.41, 5.74) is 1.03. The van der Waals surface area contributed by atoms with E-state index in [9.17, 15) is 18.8 Å². The Balaban J connectivity index is 1.60. The Morgan fingerprint density at radius 1 is 0.966 bits per heavy atom. The third-order valence-electron chi connectivity index (χ3n) is 5.08. The lowest BCUT2D eigenvalue weighted by Gasteiger charge is -2.13. The summed E-state index contributed by atoms with van der Waals surface area (Å²) in [6.45, 7) is 1.07. The van der Waals surface area contributed by atoms with Gasteiger partial charge in [0.15, 0.2) is 0 Å². The maximum Gasteiger partial charge on any atom is 0.295 e. The summed E-state index contributed by atoms with van der Waals surface area (Å²) in [7, 11) is 0. The first kappa shape index (κ1) is 18.9. The van der Waals surface area contributed by atoms with Crippen molar-refractivity contribution < 1.29 is 18.8 Å². The van der Waals surface area contributed by atoms with Crippen molar-refractivity contribution in [1.82, 2.24) is 9.47 Å². The van der Waals surface area contributed by atoms with Gasteiger partial charge in [-0.1, -0.05) is 30.3 Å². The van der Waals surface area contributed by atoms with Crippen molar-refractivity contribution in [3.8, 4) is 0 Å². The zero-order chi connectivity index (χ0) is 20.4. The van der Waals surface area contributed by atoms with Crippen molar-refractivity contribution in [3.63, 3.8) is 0 Å². The van der Waals surface area contributed by atoms with Gasteiger partial charge in [-0.05, 0) is 31.0 Å². The molecule has 1 aliphatic heterocycles. The molecule has 4 rings (SSSR count). The fraction of sp³-hybridized carbons (Fsp3) is 0.227. The smallest absolute Gasteiger partial charge is 0.295 e. The number of anilines is 1. The van der Waals surface area contributed by atoms with Gasteiger partial charge in [0.05, 0.1) is 11.3 Å². The number of carbonyl (C=O) groups excluding carboxylic acids is 3. The van der Waals surface area contributed by atoms with Crippen LogP contribution in [0.2, 0.25) is 0 Å². The molecular weight excluding hydrogens is 373 g/mol. The minimum absolute atomic E-state index is 0.0921. The van der Waals surface area contributed by atoms with Gasteiger partial charge in [0.25, 0.3) is 11.7 Å². The number of carbonyl (C=O) groups is 3. The lowest BCUT2D eigenvalue weighted by atomic mass is 10.1. The minimum atomic E-state index is -0.573. The lowest BCUT2D eigenvalue weighted by Crippen LogP contribution is -2.34. The third kappa shape index (κ3) is 3.76. The topological polar surface area (TPSA) is 71.4 Å². The minimum Gasteiger partial charge on any atom is -0.337 e. The summed E-state index contributed by atoms with van der Waals surface area (Å²) in [5.74, 6) is -2.04. The van der Waals surface area contributed by atoms with Crippen LogP contribution in [0, 0.1) is 5.82 Å². The van der Waals surface area contributed by atoms with Crippen LogP contribution < -0.4 is 5.32 Å². The highest BCUT2D eigenvalue weighted by Gasteiger charge is 2.28. The van der Waals surface area contributed by atoms with Crippen LogP contribution in [0.15, 0.2) is 54.7 Å². The highest BCUT2D eigenvalue weighted by molar-refractivity contribution is 6.44. The fourth-order valence-corrected chi connectivity index (χ4v) is 3.64. The number of nitrogens with zero attached hydrogens (tertiary/aromatic N) is 2. The zero-order valence-electron chi connectivity index (χ0n) is 15.7. The lowest BCUT2D eigenvalue weighted by molar-refractivity contribution is -0.125. The number of hydrogen-bond acceptors (Lipinski definition) is 3. The molecule has 0 saturated carbocycles. The van der Waals surface area contributed by atoms with Crippen molar-refractivity contribution >= 4 is 34.2 Å². The molecule has 148 valence electrons. The van der Waals surface area contributed by atoms with Crippen molar-refractivity contribution in [2.24, 2.45) is 0 Å². The molecule has 0 spiro atoms. The summed E-state index contributed by atoms with van der Waals surface area (Å²) in [6, 6.07) is 13.0. The molecular formula is C22H20FN3O3. The van der Waals surface area contributed by atoms with E-state index in [2.05, 4.69) is 5.32 Å². The zero-order valence-corrected chi connectivity index (χ0v) is 15.7. The van der Waals surface area contributed by atoms with E-state index in [0.717, 1.165) is 12.8 Å². The van der Waals surface area contributed by atoms with Crippen LogP contribution in [0.25, 0.3) is 10.9 Å². The van der Waals surface area contributed by atoms with Gasteiger partial charge in [0.1, 0.15) is 12.4 Å². The van der Waals surface area contributed by atoms with E-state index in [0.29, 0.717) is 24.0 Å². The number of amides is 2. The molecule has 0 aliphatic carbocycles.